The van der Waals surface area contributed by atoms with E-state index in [4.69, 9.17) is 16.7 Å². The van der Waals surface area contributed by atoms with Crippen molar-refractivity contribution in [2.75, 3.05) is 38.1 Å². The van der Waals surface area contributed by atoms with Crippen molar-refractivity contribution in [3.63, 3.8) is 0 Å². The molecule has 1 heterocycles. The average molecular weight is 411 g/mol. The monoisotopic (exact) mass is 410 g/mol. The molecular formula is C23H23ClN2O3. The van der Waals surface area contributed by atoms with E-state index >= 15 is 0 Å². The van der Waals surface area contributed by atoms with E-state index in [9.17, 15) is 9.59 Å². The first kappa shape index (κ1) is 20.8. The third kappa shape index (κ3) is 6.04. The van der Waals surface area contributed by atoms with Gasteiger partial charge in [-0.25, -0.2) is 4.79 Å². The van der Waals surface area contributed by atoms with E-state index in [2.05, 4.69) is 16.8 Å². The van der Waals surface area contributed by atoms with Crippen LogP contribution in [0.25, 0.3) is 12.2 Å². The maximum Gasteiger partial charge on any atom is 0.328 e. The van der Waals surface area contributed by atoms with Crippen LogP contribution in [0.3, 0.4) is 0 Å². The molecule has 0 aromatic heterocycles. The van der Waals surface area contributed by atoms with Gasteiger partial charge in [0.2, 0.25) is 0 Å². The molecule has 29 heavy (non-hydrogen) atoms. The second-order valence-electron chi connectivity index (χ2n) is 7.02. The van der Waals surface area contributed by atoms with Gasteiger partial charge < -0.3 is 14.9 Å². The Balaban J connectivity index is 1.71. The smallest absolute Gasteiger partial charge is 0.328 e. The molecule has 6 heteroatoms. The Morgan fingerprint density at radius 1 is 0.931 bits per heavy atom. The van der Waals surface area contributed by atoms with Crippen LogP contribution in [0, 0.1) is 0 Å². The summed E-state index contributed by atoms with van der Waals surface area (Å²) in [6.45, 7) is 3.77. The fraction of sp³-hybridized carbons (Fsp3) is 0.217. The molecule has 0 bridgehead atoms. The molecule has 0 aliphatic carbocycles. The summed E-state index contributed by atoms with van der Waals surface area (Å²) in [4.78, 5) is 27.7. The molecule has 1 saturated heterocycles. The number of hydrogen-bond donors (Lipinski definition) is 1. The van der Waals surface area contributed by atoms with Gasteiger partial charge in [0.1, 0.15) is 0 Å². The number of rotatable bonds is 6. The third-order valence-electron chi connectivity index (χ3n) is 4.82. The van der Waals surface area contributed by atoms with Gasteiger partial charge >= 0.3 is 5.97 Å². The Labute approximate surface area is 175 Å². The molecule has 0 radical (unpaired) electrons. The van der Waals surface area contributed by atoms with Gasteiger partial charge in [0.05, 0.1) is 0 Å². The maximum absolute atomic E-state index is 12.7. The summed E-state index contributed by atoms with van der Waals surface area (Å²) < 4.78 is 0. The van der Waals surface area contributed by atoms with Crippen molar-refractivity contribution in [3.05, 3.63) is 76.3 Å². The van der Waals surface area contributed by atoms with E-state index in [0.29, 0.717) is 10.6 Å². The summed E-state index contributed by atoms with van der Waals surface area (Å²) in [5.74, 6) is -1.10. The van der Waals surface area contributed by atoms with Crippen molar-refractivity contribution in [2.45, 2.75) is 0 Å². The molecular weight excluding hydrogens is 388 g/mol. The number of halogens is 1. The Bertz CT molecular complexity index is 943. The van der Waals surface area contributed by atoms with Crippen molar-refractivity contribution in [1.82, 2.24) is 4.90 Å². The zero-order chi connectivity index (χ0) is 20.8. The number of aliphatic carboxylic acids is 1. The molecule has 1 aliphatic heterocycles. The SMILES string of the molecule is CN1CCN(c2cc(Cl)cc(C(=O)/C=C/c3ccc(/C=C/C(=O)O)cc3)c2)CC1. The lowest BCUT2D eigenvalue weighted by molar-refractivity contribution is -0.131. The van der Waals surface area contributed by atoms with Crippen molar-refractivity contribution < 1.29 is 14.7 Å². The summed E-state index contributed by atoms with van der Waals surface area (Å²) in [6, 6.07) is 12.7. The van der Waals surface area contributed by atoms with Crippen LogP contribution in [0.5, 0.6) is 0 Å². The van der Waals surface area contributed by atoms with Crippen molar-refractivity contribution in [2.24, 2.45) is 0 Å². The highest BCUT2D eigenvalue weighted by Crippen LogP contribution is 2.24. The molecule has 1 N–H and O–H groups in total. The summed E-state index contributed by atoms with van der Waals surface area (Å²) in [7, 11) is 2.10. The van der Waals surface area contributed by atoms with E-state index < -0.39 is 5.97 Å². The topological polar surface area (TPSA) is 60.9 Å². The highest BCUT2D eigenvalue weighted by Gasteiger charge is 2.16. The average Bonchev–Trinajstić information content (AvgIpc) is 2.71. The quantitative estimate of drug-likeness (QED) is 0.574. The Morgan fingerprint density at radius 2 is 1.52 bits per heavy atom. The highest BCUT2D eigenvalue weighted by molar-refractivity contribution is 6.31. The molecule has 1 fully saturated rings. The van der Waals surface area contributed by atoms with Crippen LogP contribution in [0.1, 0.15) is 21.5 Å². The van der Waals surface area contributed by atoms with Gasteiger partial charge in [-0.2, -0.15) is 0 Å². The largest absolute Gasteiger partial charge is 0.478 e. The van der Waals surface area contributed by atoms with E-state index in [-0.39, 0.29) is 5.78 Å². The van der Waals surface area contributed by atoms with E-state index in [1.165, 1.54) is 12.2 Å². The van der Waals surface area contributed by atoms with Gasteiger partial charge in [0, 0.05) is 48.5 Å². The summed E-state index contributed by atoms with van der Waals surface area (Å²) >= 11 is 6.27. The molecule has 0 amide bonds. The predicted octanol–water partition coefficient (Wildman–Crippen LogP) is 4.09. The number of benzene rings is 2. The molecule has 2 aromatic carbocycles. The first-order valence-electron chi connectivity index (χ1n) is 9.38. The van der Waals surface area contributed by atoms with Crippen LogP contribution < -0.4 is 4.90 Å². The molecule has 2 aromatic rings. The molecule has 150 valence electrons. The van der Waals surface area contributed by atoms with Crippen LogP contribution in [-0.2, 0) is 4.79 Å². The molecule has 0 saturated carbocycles. The summed E-state index contributed by atoms with van der Waals surface area (Å²) in [6.07, 6.45) is 5.88. The molecule has 5 nitrogen and oxygen atoms in total. The van der Waals surface area contributed by atoms with E-state index in [1.54, 1.807) is 24.3 Å². The van der Waals surface area contributed by atoms with E-state index in [1.807, 2.05) is 24.3 Å². The second-order valence-corrected chi connectivity index (χ2v) is 7.46. The lowest BCUT2D eigenvalue weighted by Gasteiger charge is -2.34. The second kappa shape index (κ2) is 9.54. The number of carboxylic acids is 1. The zero-order valence-electron chi connectivity index (χ0n) is 16.2. The van der Waals surface area contributed by atoms with Gasteiger partial charge in [-0.05, 0) is 48.5 Å². The molecule has 0 unspecified atom stereocenters. The minimum Gasteiger partial charge on any atom is -0.478 e. The van der Waals surface area contributed by atoms with Gasteiger partial charge in [0.25, 0.3) is 0 Å². The Kier molecular flexibility index (Phi) is 6.86. The maximum atomic E-state index is 12.7. The number of ketones is 1. The number of likely N-dealkylation sites (N-methyl/N-ethyl adjacent to an activating group) is 1. The van der Waals surface area contributed by atoms with Gasteiger partial charge in [0.15, 0.2) is 5.78 Å². The van der Waals surface area contributed by atoms with Gasteiger partial charge in [-0.1, -0.05) is 41.9 Å². The number of nitrogens with zero attached hydrogens (tertiary/aromatic N) is 2. The first-order chi connectivity index (χ1) is 13.9. The minimum absolute atomic E-state index is 0.113. The number of hydrogen-bond acceptors (Lipinski definition) is 4. The number of carbonyl (C=O) groups is 2. The lowest BCUT2D eigenvalue weighted by Crippen LogP contribution is -2.44. The Hall–Kier alpha value is -2.89. The van der Waals surface area contributed by atoms with Crippen LogP contribution in [0.2, 0.25) is 5.02 Å². The van der Waals surface area contributed by atoms with Crippen LogP contribution in [-0.4, -0.2) is 55.0 Å². The molecule has 3 rings (SSSR count). The minimum atomic E-state index is -0.989. The van der Waals surface area contributed by atoms with Crippen LogP contribution in [0.4, 0.5) is 5.69 Å². The van der Waals surface area contributed by atoms with E-state index in [0.717, 1.165) is 49.1 Å². The number of allylic oxidation sites excluding steroid dienone is 1. The standard InChI is InChI=1S/C23H23ClN2O3/c1-25-10-12-26(13-11-25)21-15-19(14-20(24)16-21)22(27)8-6-17-2-4-18(5-3-17)7-9-23(28)29/h2-9,14-16H,10-13H2,1H3,(H,28,29)/b8-6+,9-7+. The Morgan fingerprint density at radius 3 is 2.10 bits per heavy atom. The predicted molar refractivity (Wildman–Crippen MR) is 118 cm³/mol. The normalized spacial score (nSPS) is 15.3. The van der Waals surface area contributed by atoms with Crippen molar-refractivity contribution >= 4 is 41.2 Å². The summed E-state index contributed by atoms with van der Waals surface area (Å²) in [5.41, 5.74) is 3.16. The van der Waals surface area contributed by atoms with Crippen LogP contribution >= 0.6 is 11.6 Å². The fourth-order valence-corrected chi connectivity index (χ4v) is 3.35. The van der Waals surface area contributed by atoms with Gasteiger partial charge in [-0.3, -0.25) is 4.79 Å². The fourth-order valence-electron chi connectivity index (χ4n) is 3.12. The number of carbonyl (C=O) groups excluding carboxylic acids is 1. The summed E-state index contributed by atoms with van der Waals surface area (Å²) in [5, 5.41) is 9.22. The number of piperazine rings is 1. The molecule has 0 atom stereocenters. The third-order valence-corrected chi connectivity index (χ3v) is 5.04. The lowest BCUT2D eigenvalue weighted by atomic mass is 10.1. The van der Waals surface area contributed by atoms with Crippen LogP contribution in [0.15, 0.2) is 54.6 Å². The zero-order valence-corrected chi connectivity index (χ0v) is 17.0. The van der Waals surface area contributed by atoms with Crippen molar-refractivity contribution in [3.8, 4) is 0 Å². The number of carboxylic acid groups (broad SMARTS) is 1. The first-order valence-corrected chi connectivity index (χ1v) is 9.76. The van der Waals surface area contributed by atoms with Crippen molar-refractivity contribution in [1.29, 1.82) is 0 Å². The highest BCUT2D eigenvalue weighted by atomic mass is 35.5. The number of anilines is 1. The molecule has 0 spiro atoms. The van der Waals surface area contributed by atoms with Gasteiger partial charge in [-0.15, -0.1) is 0 Å². The molecule has 1 aliphatic rings.